The summed E-state index contributed by atoms with van der Waals surface area (Å²) >= 11 is 0. The molecule has 2 rings (SSSR count). The molecule has 116 valence electrons. The SMILES string of the molecule is CC(C)CN1CCC(CN)(NCCC2=CCCC2)CC1. The van der Waals surface area contributed by atoms with Gasteiger partial charge in [0.25, 0.3) is 0 Å². The van der Waals surface area contributed by atoms with Crippen molar-refractivity contribution in [1.82, 2.24) is 10.2 Å². The molecule has 0 radical (unpaired) electrons. The van der Waals surface area contributed by atoms with E-state index in [9.17, 15) is 0 Å². The smallest absolute Gasteiger partial charge is 0.0328 e. The summed E-state index contributed by atoms with van der Waals surface area (Å²) in [5, 5.41) is 3.79. The number of rotatable bonds is 7. The fraction of sp³-hybridized carbons (Fsp3) is 0.882. The average molecular weight is 279 g/mol. The molecule has 3 heteroatoms. The molecule has 0 amide bonds. The first kappa shape index (κ1) is 16.0. The number of nitrogens with two attached hydrogens (primary N) is 1. The van der Waals surface area contributed by atoms with Gasteiger partial charge in [0.1, 0.15) is 0 Å². The van der Waals surface area contributed by atoms with E-state index in [2.05, 4.69) is 30.1 Å². The zero-order valence-corrected chi connectivity index (χ0v) is 13.5. The summed E-state index contributed by atoms with van der Waals surface area (Å²) in [6, 6.07) is 0. The minimum atomic E-state index is 0.201. The summed E-state index contributed by atoms with van der Waals surface area (Å²) in [5.74, 6) is 0.766. The van der Waals surface area contributed by atoms with Gasteiger partial charge in [0, 0.05) is 18.6 Å². The van der Waals surface area contributed by atoms with Crippen LogP contribution in [0.2, 0.25) is 0 Å². The second-order valence-electron chi connectivity index (χ2n) is 7.11. The number of allylic oxidation sites excluding steroid dienone is 1. The molecule has 0 aromatic rings. The van der Waals surface area contributed by atoms with Crippen LogP contribution in [0.3, 0.4) is 0 Å². The largest absolute Gasteiger partial charge is 0.329 e. The molecule has 3 N–H and O–H groups in total. The van der Waals surface area contributed by atoms with Crippen molar-refractivity contribution in [3.05, 3.63) is 11.6 Å². The Kier molecular flexibility index (Phi) is 6.06. The highest BCUT2D eigenvalue weighted by Gasteiger charge is 2.32. The molecule has 1 fully saturated rings. The van der Waals surface area contributed by atoms with Crippen molar-refractivity contribution < 1.29 is 0 Å². The standard InChI is InChI=1S/C17H33N3/c1-15(2)13-20-11-8-17(14-18,9-12-20)19-10-7-16-5-3-4-6-16/h5,15,19H,3-4,6-14,18H2,1-2H3. The minimum absolute atomic E-state index is 0.201. The Labute approximate surface area is 125 Å². The topological polar surface area (TPSA) is 41.3 Å². The summed E-state index contributed by atoms with van der Waals surface area (Å²) in [6.45, 7) is 10.1. The fourth-order valence-corrected chi connectivity index (χ4v) is 3.59. The van der Waals surface area contributed by atoms with Crippen LogP contribution >= 0.6 is 0 Å². The summed E-state index contributed by atoms with van der Waals surface area (Å²) in [5.41, 5.74) is 7.94. The van der Waals surface area contributed by atoms with Gasteiger partial charge in [-0.1, -0.05) is 25.5 Å². The molecular weight excluding hydrogens is 246 g/mol. The quantitative estimate of drug-likeness (QED) is 0.704. The molecule has 0 atom stereocenters. The maximum absolute atomic E-state index is 6.08. The van der Waals surface area contributed by atoms with Crippen molar-refractivity contribution in [2.24, 2.45) is 11.7 Å². The Morgan fingerprint density at radius 2 is 2.10 bits per heavy atom. The summed E-state index contributed by atoms with van der Waals surface area (Å²) in [4.78, 5) is 2.60. The third kappa shape index (κ3) is 4.57. The molecule has 1 aliphatic heterocycles. The molecule has 1 aliphatic carbocycles. The monoisotopic (exact) mass is 279 g/mol. The number of likely N-dealkylation sites (tertiary alicyclic amines) is 1. The van der Waals surface area contributed by atoms with E-state index in [0.29, 0.717) is 0 Å². The molecule has 1 saturated heterocycles. The molecule has 0 saturated carbocycles. The van der Waals surface area contributed by atoms with E-state index in [4.69, 9.17) is 5.73 Å². The van der Waals surface area contributed by atoms with Crippen LogP contribution in [0.15, 0.2) is 11.6 Å². The van der Waals surface area contributed by atoms with E-state index in [1.807, 2.05) is 0 Å². The molecule has 0 bridgehead atoms. The lowest BCUT2D eigenvalue weighted by Crippen LogP contribution is -2.58. The number of piperidine rings is 1. The van der Waals surface area contributed by atoms with E-state index in [1.165, 1.54) is 58.2 Å². The van der Waals surface area contributed by atoms with Crippen molar-refractivity contribution >= 4 is 0 Å². The van der Waals surface area contributed by atoms with Gasteiger partial charge in [-0.3, -0.25) is 0 Å². The Morgan fingerprint density at radius 3 is 2.65 bits per heavy atom. The number of hydrogen-bond acceptors (Lipinski definition) is 3. The molecule has 0 unspecified atom stereocenters. The predicted octanol–water partition coefficient (Wildman–Crippen LogP) is 2.53. The molecule has 0 spiro atoms. The highest BCUT2D eigenvalue weighted by molar-refractivity contribution is 5.08. The molecule has 3 nitrogen and oxygen atoms in total. The van der Waals surface area contributed by atoms with Crippen LogP contribution in [0.4, 0.5) is 0 Å². The van der Waals surface area contributed by atoms with Gasteiger partial charge in [-0.25, -0.2) is 0 Å². The molecule has 2 aliphatic rings. The van der Waals surface area contributed by atoms with Crippen molar-refractivity contribution in [3.8, 4) is 0 Å². The van der Waals surface area contributed by atoms with E-state index < -0.39 is 0 Å². The lowest BCUT2D eigenvalue weighted by Gasteiger charge is -2.42. The maximum atomic E-state index is 6.08. The van der Waals surface area contributed by atoms with Crippen molar-refractivity contribution in [3.63, 3.8) is 0 Å². The van der Waals surface area contributed by atoms with Crippen LogP contribution in [-0.4, -0.2) is 43.2 Å². The molecule has 0 aromatic heterocycles. The van der Waals surface area contributed by atoms with Gasteiger partial charge >= 0.3 is 0 Å². The first-order valence-corrected chi connectivity index (χ1v) is 8.49. The fourth-order valence-electron chi connectivity index (χ4n) is 3.59. The third-order valence-corrected chi connectivity index (χ3v) is 4.91. The Bertz CT molecular complexity index is 314. The van der Waals surface area contributed by atoms with Crippen molar-refractivity contribution in [2.75, 3.05) is 32.7 Å². The van der Waals surface area contributed by atoms with Gasteiger partial charge in [-0.05, 0) is 64.1 Å². The van der Waals surface area contributed by atoms with Crippen LogP contribution < -0.4 is 11.1 Å². The lowest BCUT2D eigenvalue weighted by atomic mass is 9.87. The van der Waals surface area contributed by atoms with Crippen LogP contribution in [0.5, 0.6) is 0 Å². The van der Waals surface area contributed by atoms with E-state index in [1.54, 1.807) is 5.57 Å². The van der Waals surface area contributed by atoms with Crippen molar-refractivity contribution in [2.45, 2.75) is 57.9 Å². The zero-order chi connectivity index (χ0) is 14.4. The first-order chi connectivity index (χ1) is 9.63. The average Bonchev–Trinajstić information content (AvgIpc) is 2.94. The van der Waals surface area contributed by atoms with Gasteiger partial charge in [0.2, 0.25) is 0 Å². The molecule has 1 heterocycles. The van der Waals surface area contributed by atoms with E-state index in [-0.39, 0.29) is 5.54 Å². The van der Waals surface area contributed by atoms with E-state index >= 15 is 0 Å². The van der Waals surface area contributed by atoms with Crippen LogP contribution in [-0.2, 0) is 0 Å². The van der Waals surface area contributed by atoms with Crippen LogP contribution in [0.25, 0.3) is 0 Å². The van der Waals surface area contributed by atoms with Gasteiger partial charge in [0.05, 0.1) is 0 Å². The molecule has 0 aromatic carbocycles. The number of nitrogens with one attached hydrogen (secondary N) is 1. The van der Waals surface area contributed by atoms with Gasteiger partial charge < -0.3 is 16.0 Å². The zero-order valence-electron chi connectivity index (χ0n) is 13.5. The minimum Gasteiger partial charge on any atom is -0.329 e. The van der Waals surface area contributed by atoms with E-state index in [0.717, 1.165) is 19.0 Å². The summed E-state index contributed by atoms with van der Waals surface area (Å²) in [7, 11) is 0. The third-order valence-electron chi connectivity index (χ3n) is 4.91. The maximum Gasteiger partial charge on any atom is 0.0328 e. The van der Waals surface area contributed by atoms with Crippen LogP contribution in [0.1, 0.15) is 52.4 Å². The Morgan fingerprint density at radius 1 is 1.35 bits per heavy atom. The summed E-state index contributed by atoms with van der Waals surface area (Å²) in [6.07, 6.45) is 10.0. The normalized spacial score (nSPS) is 23.3. The van der Waals surface area contributed by atoms with Gasteiger partial charge in [-0.15, -0.1) is 0 Å². The van der Waals surface area contributed by atoms with Crippen molar-refractivity contribution in [1.29, 1.82) is 0 Å². The summed E-state index contributed by atoms with van der Waals surface area (Å²) < 4.78 is 0. The first-order valence-electron chi connectivity index (χ1n) is 8.49. The highest BCUT2D eigenvalue weighted by atomic mass is 15.2. The number of nitrogens with zero attached hydrogens (tertiary/aromatic N) is 1. The molecular formula is C17H33N3. The Balaban J connectivity index is 1.73. The second-order valence-corrected chi connectivity index (χ2v) is 7.11. The lowest BCUT2D eigenvalue weighted by molar-refractivity contribution is 0.129. The van der Waals surface area contributed by atoms with Gasteiger partial charge in [0.15, 0.2) is 0 Å². The second kappa shape index (κ2) is 7.58. The molecule has 20 heavy (non-hydrogen) atoms. The highest BCUT2D eigenvalue weighted by Crippen LogP contribution is 2.24. The van der Waals surface area contributed by atoms with Crippen LogP contribution in [0, 0.1) is 5.92 Å². The van der Waals surface area contributed by atoms with Gasteiger partial charge in [-0.2, -0.15) is 0 Å². The number of hydrogen-bond donors (Lipinski definition) is 2. The Hall–Kier alpha value is -0.380. The predicted molar refractivity (Wildman–Crippen MR) is 86.9 cm³/mol.